The highest BCUT2D eigenvalue weighted by atomic mass is 79.9. The van der Waals surface area contributed by atoms with Crippen LogP contribution < -0.4 is 5.32 Å². The number of nitrogens with zero attached hydrogens (tertiary/aromatic N) is 2. The maximum atomic E-state index is 4.72. The smallest absolute Gasteiger partial charge is 0.159 e. The predicted octanol–water partition coefficient (Wildman–Crippen LogP) is 3.17. The van der Waals surface area contributed by atoms with Crippen LogP contribution in [0.3, 0.4) is 0 Å². The summed E-state index contributed by atoms with van der Waals surface area (Å²) in [5.74, 6) is 0.820. The summed E-state index contributed by atoms with van der Waals surface area (Å²) in [7, 11) is 0. The molecule has 0 saturated heterocycles. The van der Waals surface area contributed by atoms with Crippen LogP contribution in [-0.2, 0) is 13.0 Å². The van der Waals surface area contributed by atoms with Gasteiger partial charge in [-0.2, -0.15) is 0 Å². The molecule has 0 atom stereocenters. The van der Waals surface area contributed by atoms with Gasteiger partial charge in [-0.15, -0.1) is 0 Å². The van der Waals surface area contributed by atoms with E-state index in [2.05, 4.69) is 58.3 Å². The van der Waals surface area contributed by atoms with E-state index in [1.807, 2.05) is 0 Å². The standard InChI is InChI=1S/C15H16BrN3/c1-9-3-4-11(7-13(9)16)15-18-10(2)12-5-6-17-8-14(12)19-15/h3-4,7,17H,5-6,8H2,1-2H3. The number of aryl methyl sites for hydroxylation is 2. The summed E-state index contributed by atoms with van der Waals surface area (Å²) >= 11 is 3.57. The number of aromatic nitrogens is 2. The maximum absolute atomic E-state index is 4.72. The Bertz CT molecular complexity index is 638. The van der Waals surface area contributed by atoms with Crippen LogP contribution in [0.2, 0.25) is 0 Å². The van der Waals surface area contributed by atoms with E-state index < -0.39 is 0 Å². The quantitative estimate of drug-likeness (QED) is 0.878. The molecule has 0 aliphatic carbocycles. The molecule has 3 nitrogen and oxygen atoms in total. The maximum Gasteiger partial charge on any atom is 0.159 e. The fourth-order valence-electron chi connectivity index (χ4n) is 2.41. The zero-order chi connectivity index (χ0) is 13.4. The average Bonchev–Trinajstić information content (AvgIpc) is 2.42. The van der Waals surface area contributed by atoms with Crippen LogP contribution in [0, 0.1) is 13.8 Å². The van der Waals surface area contributed by atoms with Gasteiger partial charge in [-0.05, 0) is 44.0 Å². The first-order valence-corrected chi connectivity index (χ1v) is 7.28. The van der Waals surface area contributed by atoms with Crippen molar-refractivity contribution in [3.05, 3.63) is 45.2 Å². The van der Waals surface area contributed by atoms with E-state index in [0.29, 0.717) is 0 Å². The number of nitrogens with one attached hydrogen (secondary N) is 1. The highest BCUT2D eigenvalue weighted by molar-refractivity contribution is 9.10. The Labute approximate surface area is 121 Å². The predicted molar refractivity (Wildman–Crippen MR) is 80.1 cm³/mol. The van der Waals surface area contributed by atoms with Gasteiger partial charge < -0.3 is 5.32 Å². The lowest BCUT2D eigenvalue weighted by molar-refractivity contribution is 0.620. The second-order valence-electron chi connectivity index (χ2n) is 4.95. The van der Waals surface area contributed by atoms with E-state index in [1.54, 1.807) is 0 Å². The molecule has 4 heteroatoms. The number of halogens is 1. The number of hydrogen-bond donors (Lipinski definition) is 1. The third-order valence-electron chi connectivity index (χ3n) is 3.57. The van der Waals surface area contributed by atoms with E-state index in [4.69, 9.17) is 4.98 Å². The second-order valence-corrected chi connectivity index (χ2v) is 5.80. The largest absolute Gasteiger partial charge is 0.311 e. The molecule has 98 valence electrons. The van der Waals surface area contributed by atoms with Crippen molar-refractivity contribution < 1.29 is 0 Å². The third kappa shape index (κ3) is 2.42. The molecule has 1 N–H and O–H groups in total. The summed E-state index contributed by atoms with van der Waals surface area (Å²) in [6, 6.07) is 6.26. The second kappa shape index (κ2) is 5.02. The van der Waals surface area contributed by atoms with Gasteiger partial charge in [-0.3, -0.25) is 0 Å². The summed E-state index contributed by atoms with van der Waals surface area (Å²) in [5, 5.41) is 3.37. The van der Waals surface area contributed by atoms with Crippen molar-refractivity contribution in [1.29, 1.82) is 0 Å². The summed E-state index contributed by atoms with van der Waals surface area (Å²) < 4.78 is 1.10. The van der Waals surface area contributed by atoms with Crippen LogP contribution in [-0.4, -0.2) is 16.5 Å². The minimum absolute atomic E-state index is 0.820. The van der Waals surface area contributed by atoms with Crippen molar-refractivity contribution in [2.45, 2.75) is 26.8 Å². The van der Waals surface area contributed by atoms with Crippen molar-refractivity contribution in [2.24, 2.45) is 0 Å². The van der Waals surface area contributed by atoms with Crippen molar-refractivity contribution in [3.63, 3.8) is 0 Å². The van der Waals surface area contributed by atoms with Crippen LogP contribution in [0.1, 0.15) is 22.5 Å². The zero-order valence-corrected chi connectivity index (χ0v) is 12.7. The van der Waals surface area contributed by atoms with Crippen molar-refractivity contribution in [3.8, 4) is 11.4 Å². The molecule has 19 heavy (non-hydrogen) atoms. The van der Waals surface area contributed by atoms with Crippen LogP contribution in [0.4, 0.5) is 0 Å². The Kier molecular flexibility index (Phi) is 3.37. The summed E-state index contributed by atoms with van der Waals surface area (Å²) in [4.78, 5) is 9.39. The molecule has 0 saturated carbocycles. The zero-order valence-electron chi connectivity index (χ0n) is 11.1. The normalized spacial score (nSPS) is 14.3. The fourth-order valence-corrected chi connectivity index (χ4v) is 2.79. The minimum Gasteiger partial charge on any atom is -0.311 e. The lowest BCUT2D eigenvalue weighted by atomic mass is 10.0. The van der Waals surface area contributed by atoms with Crippen LogP contribution in [0.25, 0.3) is 11.4 Å². The fraction of sp³-hybridized carbons (Fsp3) is 0.333. The summed E-state index contributed by atoms with van der Waals surface area (Å²) in [6.45, 7) is 6.03. The lowest BCUT2D eigenvalue weighted by Crippen LogP contribution is -2.26. The molecule has 0 amide bonds. The van der Waals surface area contributed by atoms with Gasteiger partial charge in [0.05, 0.1) is 5.69 Å². The molecular weight excluding hydrogens is 302 g/mol. The van der Waals surface area contributed by atoms with E-state index >= 15 is 0 Å². The molecule has 2 aromatic rings. The molecule has 1 aliphatic rings. The molecule has 0 bridgehead atoms. The number of hydrogen-bond acceptors (Lipinski definition) is 3. The molecule has 1 aliphatic heterocycles. The Balaban J connectivity index is 2.10. The average molecular weight is 318 g/mol. The Morgan fingerprint density at radius 2 is 2.05 bits per heavy atom. The van der Waals surface area contributed by atoms with Gasteiger partial charge in [0.15, 0.2) is 5.82 Å². The monoisotopic (exact) mass is 317 g/mol. The van der Waals surface area contributed by atoms with Gasteiger partial charge in [0.25, 0.3) is 0 Å². The third-order valence-corrected chi connectivity index (χ3v) is 4.43. The number of fused-ring (bicyclic) bond motifs is 1. The van der Waals surface area contributed by atoms with Crippen molar-refractivity contribution in [2.75, 3.05) is 6.54 Å². The van der Waals surface area contributed by atoms with Gasteiger partial charge in [-0.25, -0.2) is 9.97 Å². The Morgan fingerprint density at radius 3 is 2.84 bits per heavy atom. The molecule has 0 fully saturated rings. The molecule has 1 aromatic carbocycles. The molecule has 1 aromatic heterocycles. The molecule has 0 radical (unpaired) electrons. The molecular formula is C15H16BrN3. The highest BCUT2D eigenvalue weighted by Gasteiger charge is 2.15. The van der Waals surface area contributed by atoms with Gasteiger partial charge in [0, 0.05) is 22.3 Å². The van der Waals surface area contributed by atoms with Crippen molar-refractivity contribution in [1.82, 2.24) is 15.3 Å². The number of benzene rings is 1. The van der Waals surface area contributed by atoms with Crippen LogP contribution >= 0.6 is 15.9 Å². The minimum atomic E-state index is 0.820. The molecule has 0 spiro atoms. The topological polar surface area (TPSA) is 37.8 Å². The first-order chi connectivity index (χ1) is 9.15. The molecule has 2 heterocycles. The first kappa shape index (κ1) is 12.8. The SMILES string of the molecule is Cc1ccc(-c2nc(C)c3c(n2)CNCC3)cc1Br. The summed E-state index contributed by atoms with van der Waals surface area (Å²) in [6.07, 6.45) is 1.03. The molecule has 0 unspecified atom stereocenters. The van der Waals surface area contributed by atoms with Crippen LogP contribution in [0.5, 0.6) is 0 Å². The van der Waals surface area contributed by atoms with Gasteiger partial charge in [-0.1, -0.05) is 28.1 Å². The Hall–Kier alpha value is -1.26. The van der Waals surface area contributed by atoms with Crippen molar-refractivity contribution >= 4 is 15.9 Å². The Morgan fingerprint density at radius 1 is 1.21 bits per heavy atom. The van der Waals surface area contributed by atoms with E-state index in [1.165, 1.54) is 11.1 Å². The summed E-state index contributed by atoms with van der Waals surface area (Å²) in [5.41, 5.74) is 5.85. The van der Waals surface area contributed by atoms with E-state index in [9.17, 15) is 0 Å². The van der Waals surface area contributed by atoms with Gasteiger partial charge >= 0.3 is 0 Å². The lowest BCUT2D eigenvalue weighted by Gasteiger charge is -2.18. The van der Waals surface area contributed by atoms with Gasteiger partial charge in [0.2, 0.25) is 0 Å². The highest BCUT2D eigenvalue weighted by Crippen LogP contribution is 2.25. The van der Waals surface area contributed by atoms with Gasteiger partial charge in [0.1, 0.15) is 0 Å². The molecule has 3 rings (SSSR count). The van der Waals surface area contributed by atoms with Crippen LogP contribution in [0.15, 0.2) is 22.7 Å². The van der Waals surface area contributed by atoms with E-state index in [0.717, 1.165) is 46.8 Å². The van der Waals surface area contributed by atoms with E-state index in [-0.39, 0.29) is 0 Å². The number of rotatable bonds is 1. The first-order valence-electron chi connectivity index (χ1n) is 6.49.